The highest BCUT2D eigenvalue weighted by Crippen LogP contribution is 2.30. The number of hydrogen-bond donors (Lipinski definition) is 1. The molecule has 2 aliphatic rings. The second-order valence-electron chi connectivity index (χ2n) is 6.76. The van der Waals surface area contributed by atoms with Crippen LogP contribution in [-0.2, 0) is 22.3 Å². The summed E-state index contributed by atoms with van der Waals surface area (Å²) in [5, 5.41) is 0. The molecule has 3 rings (SSSR count). The molecule has 0 saturated carbocycles. The average molecular weight is 389 g/mol. The summed E-state index contributed by atoms with van der Waals surface area (Å²) >= 11 is 0. The zero-order chi connectivity index (χ0) is 19.8. The molecule has 0 aliphatic carbocycles. The van der Waals surface area contributed by atoms with E-state index in [4.69, 9.17) is 10.5 Å². The number of benzene rings is 1. The highest BCUT2D eigenvalue weighted by Gasteiger charge is 2.38. The maximum Gasteiger partial charge on any atom is 0.416 e. The molecule has 0 aromatic heterocycles. The van der Waals surface area contributed by atoms with Crippen LogP contribution in [0.1, 0.15) is 17.5 Å². The average Bonchev–Trinajstić information content (AvgIpc) is 3.03. The highest BCUT2D eigenvalue weighted by molar-refractivity contribution is 5.80. The number of amides is 3. The third-order valence-electron chi connectivity index (χ3n) is 4.83. The van der Waals surface area contributed by atoms with Gasteiger partial charge < -0.3 is 20.3 Å². The van der Waals surface area contributed by atoms with Gasteiger partial charge in [-0.3, -0.25) is 4.79 Å². The van der Waals surface area contributed by atoms with Crippen molar-refractivity contribution in [1.29, 1.82) is 0 Å². The van der Waals surface area contributed by atoms with Crippen LogP contribution in [0, 0.1) is 11.7 Å². The van der Waals surface area contributed by atoms with Crippen molar-refractivity contribution in [3.8, 4) is 0 Å². The summed E-state index contributed by atoms with van der Waals surface area (Å²) in [5.74, 6) is -1.73. The van der Waals surface area contributed by atoms with Crippen LogP contribution in [0.3, 0.4) is 0 Å². The first-order valence-corrected chi connectivity index (χ1v) is 8.45. The summed E-state index contributed by atoms with van der Waals surface area (Å²) < 4.78 is 56.8. The highest BCUT2D eigenvalue weighted by atomic mass is 19.4. The van der Waals surface area contributed by atoms with Gasteiger partial charge in [0, 0.05) is 18.7 Å². The molecule has 0 bridgehead atoms. The summed E-state index contributed by atoms with van der Waals surface area (Å²) in [7, 11) is 0. The minimum absolute atomic E-state index is 0.0246. The molecule has 2 N–H and O–H groups in total. The zero-order valence-corrected chi connectivity index (χ0v) is 14.3. The van der Waals surface area contributed by atoms with Gasteiger partial charge in [0.15, 0.2) is 0 Å². The monoisotopic (exact) mass is 389 g/mol. The lowest BCUT2D eigenvalue weighted by atomic mass is 10.1. The van der Waals surface area contributed by atoms with E-state index in [9.17, 15) is 27.2 Å². The van der Waals surface area contributed by atoms with E-state index in [1.165, 1.54) is 4.90 Å². The van der Waals surface area contributed by atoms with Gasteiger partial charge in [0.1, 0.15) is 5.82 Å². The number of carbonyl (C=O) groups excluding carboxylic acids is 2. The third kappa shape index (κ3) is 4.32. The van der Waals surface area contributed by atoms with Gasteiger partial charge in [-0.2, -0.15) is 13.2 Å². The molecule has 27 heavy (non-hydrogen) atoms. The SMILES string of the molecule is NC(=O)C1CCN(C(=O)N2CC(OCc3ccc(C(F)(F)F)cc3F)C2)C1. The Labute approximate surface area is 152 Å². The van der Waals surface area contributed by atoms with Crippen molar-refractivity contribution in [2.24, 2.45) is 11.7 Å². The fourth-order valence-electron chi connectivity index (χ4n) is 3.11. The van der Waals surface area contributed by atoms with E-state index in [1.807, 2.05) is 0 Å². The van der Waals surface area contributed by atoms with Crippen molar-refractivity contribution in [2.75, 3.05) is 26.2 Å². The normalized spacial score (nSPS) is 20.7. The van der Waals surface area contributed by atoms with Gasteiger partial charge in [0.25, 0.3) is 0 Å². The lowest BCUT2D eigenvalue weighted by Gasteiger charge is -2.40. The number of nitrogens with two attached hydrogens (primary N) is 1. The molecular weight excluding hydrogens is 370 g/mol. The van der Waals surface area contributed by atoms with Crippen molar-refractivity contribution in [3.63, 3.8) is 0 Å². The molecule has 3 amide bonds. The molecule has 1 unspecified atom stereocenters. The molecule has 6 nitrogen and oxygen atoms in total. The van der Waals surface area contributed by atoms with E-state index in [2.05, 4.69) is 0 Å². The second-order valence-corrected chi connectivity index (χ2v) is 6.76. The number of carbonyl (C=O) groups is 2. The fraction of sp³-hybridized carbons (Fsp3) is 0.529. The largest absolute Gasteiger partial charge is 0.416 e. The van der Waals surface area contributed by atoms with Crippen LogP contribution in [0.2, 0.25) is 0 Å². The minimum atomic E-state index is -4.60. The second kappa shape index (κ2) is 7.34. The molecule has 1 aromatic carbocycles. The first-order valence-electron chi connectivity index (χ1n) is 8.45. The summed E-state index contributed by atoms with van der Waals surface area (Å²) in [5.41, 5.74) is 4.21. The molecule has 2 saturated heterocycles. The van der Waals surface area contributed by atoms with Crippen molar-refractivity contribution in [1.82, 2.24) is 9.80 Å². The lowest BCUT2D eigenvalue weighted by molar-refractivity contribution is -0.137. The van der Waals surface area contributed by atoms with Crippen LogP contribution in [-0.4, -0.2) is 54.0 Å². The Hall–Kier alpha value is -2.36. The van der Waals surface area contributed by atoms with Gasteiger partial charge in [0.2, 0.25) is 5.91 Å². The van der Waals surface area contributed by atoms with Crippen LogP contribution < -0.4 is 5.73 Å². The van der Waals surface area contributed by atoms with E-state index in [0.717, 1.165) is 12.1 Å². The van der Waals surface area contributed by atoms with E-state index >= 15 is 0 Å². The van der Waals surface area contributed by atoms with Crippen LogP contribution in [0.15, 0.2) is 18.2 Å². The Morgan fingerprint density at radius 2 is 1.89 bits per heavy atom. The number of nitrogens with zero attached hydrogens (tertiary/aromatic N) is 2. The minimum Gasteiger partial charge on any atom is -0.370 e. The van der Waals surface area contributed by atoms with Gasteiger partial charge >= 0.3 is 12.2 Å². The topological polar surface area (TPSA) is 75.9 Å². The number of halogens is 4. The number of primary amides is 1. The Morgan fingerprint density at radius 1 is 1.19 bits per heavy atom. The van der Waals surface area contributed by atoms with E-state index < -0.39 is 23.5 Å². The number of ether oxygens (including phenoxy) is 1. The summed E-state index contributed by atoms with van der Waals surface area (Å²) in [4.78, 5) is 26.5. The van der Waals surface area contributed by atoms with Gasteiger partial charge in [-0.15, -0.1) is 0 Å². The summed E-state index contributed by atoms with van der Waals surface area (Å²) in [6.07, 6.45) is -4.37. The molecule has 0 radical (unpaired) electrons. The number of hydrogen-bond acceptors (Lipinski definition) is 3. The van der Waals surface area contributed by atoms with Crippen molar-refractivity contribution in [3.05, 3.63) is 35.1 Å². The molecule has 2 fully saturated rings. The van der Waals surface area contributed by atoms with Crippen molar-refractivity contribution < 1.29 is 31.9 Å². The van der Waals surface area contributed by atoms with Crippen LogP contribution in [0.25, 0.3) is 0 Å². The summed E-state index contributed by atoms with van der Waals surface area (Å²) in [6.45, 7) is 1.19. The van der Waals surface area contributed by atoms with E-state index in [0.29, 0.717) is 38.7 Å². The Balaban J connectivity index is 1.45. The lowest BCUT2D eigenvalue weighted by Crippen LogP contribution is -2.58. The van der Waals surface area contributed by atoms with Gasteiger partial charge in [-0.25, -0.2) is 9.18 Å². The molecule has 2 aliphatic heterocycles. The molecule has 1 aromatic rings. The standard InChI is InChI=1S/C17H19F4N3O3/c18-14-5-12(17(19,20)21)2-1-11(14)9-27-13-7-24(8-13)16(26)23-4-3-10(6-23)15(22)25/h1-2,5,10,13H,3-4,6-9H2,(H2,22,25). The smallest absolute Gasteiger partial charge is 0.370 e. The Bertz CT molecular complexity index is 735. The van der Waals surface area contributed by atoms with E-state index in [1.54, 1.807) is 4.90 Å². The van der Waals surface area contributed by atoms with Gasteiger partial charge in [-0.05, 0) is 18.6 Å². The van der Waals surface area contributed by atoms with Crippen molar-refractivity contribution in [2.45, 2.75) is 25.3 Å². The fourth-order valence-corrected chi connectivity index (χ4v) is 3.11. The van der Waals surface area contributed by atoms with Crippen LogP contribution in [0.5, 0.6) is 0 Å². The Kier molecular flexibility index (Phi) is 5.27. The van der Waals surface area contributed by atoms with Gasteiger partial charge in [0.05, 0.1) is 37.3 Å². The maximum atomic E-state index is 13.8. The Morgan fingerprint density at radius 3 is 2.44 bits per heavy atom. The number of urea groups is 1. The van der Waals surface area contributed by atoms with Crippen molar-refractivity contribution >= 4 is 11.9 Å². The first kappa shape index (κ1) is 19.4. The quantitative estimate of drug-likeness (QED) is 0.800. The first-order chi connectivity index (χ1) is 12.6. The van der Waals surface area contributed by atoms with Crippen LogP contribution >= 0.6 is 0 Å². The molecule has 10 heteroatoms. The van der Waals surface area contributed by atoms with Crippen LogP contribution in [0.4, 0.5) is 22.4 Å². The molecule has 148 valence electrons. The number of alkyl halides is 3. The summed E-state index contributed by atoms with van der Waals surface area (Å²) in [6, 6.07) is 2.09. The molecule has 2 heterocycles. The van der Waals surface area contributed by atoms with E-state index in [-0.39, 0.29) is 30.2 Å². The predicted molar refractivity (Wildman–Crippen MR) is 85.8 cm³/mol. The number of likely N-dealkylation sites (tertiary alicyclic amines) is 2. The number of rotatable bonds is 4. The predicted octanol–water partition coefficient (Wildman–Crippen LogP) is 1.97. The molecule has 1 atom stereocenters. The zero-order valence-electron chi connectivity index (χ0n) is 14.3. The molecule has 0 spiro atoms. The third-order valence-corrected chi connectivity index (χ3v) is 4.83. The van der Waals surface area contributed by atoms with Gasteiger partial charge in [-0.1, -0.05) is 6.07 Å². The maximum absolute atomic E-state index is 13.8. The molecular formula is C17H19F4N3O3.